The lowest BCUT2D eigenvalue weighted by atomic mass is 10.0. The van der Waals surface area contributed by atoms with Crippen molar-refractivity contribution in [2.75, 3.05) is 26.7 Å². The van der Waals surface area contributed by atoms with E-state index in [2.05, 4.69) is 62.3 Å². The first-order valence-corrected chi connectivity index (χ1v) is 8.23. The van der Waals surface area contributed by atoms with Crippen LogP contribution in [0, 0.1) is 0 Å². The van der Waals surface area contributed by atoms with Gasteiger partial charge in [0.05, 0.1) is 0 Å². The molecular formula is C18H32N2. The molecule has 0 heterocycles. The predicted molar refractivity (Wildman–Crippen MR) is 89.3 cm³/mol. The largest absolute Gasteiger partial charge is 0.312 e. The molecule has 0 fully saturated rings. The number of hydrogen-bond donors (Lipinski definition) is 1. The van der Waals surface area contributed by atoms with Gasteiger partial charge >= 0.3 is 0 Å². The molecule has 20 heavy (non-hydrogen) atoms. The van der Waals surface area contributed by atoms with Gasteiger partial charge in [-0.15, -0.1) is 0 Å². The summed E-state index contributed by atoms with van der Waals surface area (Å²) in [6.45, 7) is 10.2. The van der Waals surface area contributed by atoms with E-state index in [0.29, 0.717) is 6.04 Å². The minimum atomic E-state index is 0.433. The molecule has 0 aliphatic carbocycles. The standard InChI is InChI=1S/C18H32N2/c1-5-8-14-20(7-3)15-18(19-4)17-12-10-16(9-6-2)11-13-17/h10-13,18-19H,5-9,14-15H2,1-4H3. The summed E-state index contributed by atoms with van der Waals surface area (Å²) in [5.41, 5.74) is 2.85. The van der Waals surface area contributed by atoms with Crippen LogP contribution in [0.4, 0.5) is 0 Å². The van der Waals surface area contributed by atoms with Crippen LogP contribution in [0.25, 0.3) is 0 Å². The van der Waals surface area contributed by atoms with Crippen molar-refractivity contribution >= 4 is 0 Å². The molecule has 0 saturated heterocycles. The molecule has 1 unspecified atom stereocenters. The Morgan fingerprint density at radius 2 is 1.75 bits per heavy atom. The van der Waals surface area contributed by atoms with Crippen molar-refractivity contribution in [2.45, 2.75) is 52.5 Å². The first-order valence-electron chi connectivity index (χ1n) is 8.23. The Morgan fingerprint density at radius 3 is 2.25 bits per heavy atom. The molecule has 114 valence electrons. The summed E-state index contributed by atoms with van der Waals surface area (Å²) in [7, 11) is 2.07. The Bertz CT molecular complexity index is 345. The summed E-state index contributed by atoms with van der Waals surface area (Å²) < 4.78 is 0. The van der Waals surface area contributed by atoms with Crippen molar-refractivity contribution < 1.29 is 0 Å². The van der Waals surface area contributed by atoms with E-state index in [1.54, 1.807) is 0 Å². The molecule has 0 bridgehead atoms. The van der Waals surface area contributed by atoms with Gasteiger partial charge in [-0.25, -0.2) is 0 Å². The highest BCUT2D eigenvalue weighted by molar-refractivity contribution is 5.25. The Labute approximate surface area is 125 Å². The van der Waals surface area contributed by atoms with Crippen LogP contribution in [0.2, 0.25) is 0 Å². The van der Waals surface area contributed by atoms with Crippen LogP contribution in [-0.2, 0) is 6.42 Å². The van der Waals surface area contributed by atoms with Crippen molar-refractivity contribution in [3.63, 3.8) is 0 Å². The summed E-state index contributed by atoms with van der Waals surface area (Å²) in [5.74, 6) is 0. The summed E-state index contributed by atoms with van der Waals surface area (Å²) in [4.78, 5) is 2.55. The molecule has 1 aromatic rings. The number of nitrogens with zero attached hydrogens (tertiary/aromatic N) is 1. The van der Waals surface area contributed by atoms with Gasteiger partial charge in [0.25, 0.3) is 0 Å². The van der Waals surface area contributed by atoms with Crippen molar-refractivity contribution in [3.05, 3.63) is 35.4 Å². The third-order valence-electron chi connectivity index (χ3n) is 3.99. The molecule has 0 aromatic heterocycles. The zero-order chi connectivity index (χ0) is 14.8. The fraction of sp³-hybridized carbons (Fsp3) is 0.667. The number of benzene rings is 1. The lowest BCUT2D eigenvalue weighted by molar-refractivity contribution is 0.254. The molecular weight excluding hydrogens is 244 g/mol. The lowest BCUT2D eigenvalue weighted by Crippen LogP contribution is -2.34. The van der Waals surface area contributed by atoms with E-state index in [-0.39, 0.29) is 0 Å². The Kier molecular flexibility index (Phi) is 8.56. The van der Waals surface area contributed by atoms with Crippen molar-refractivity contribution in [2.24, 2.45) is 0 Å². The molecule has 0 aliphatic heterocycles. The monoisotopic (exact) mass is 276 g/mol. The van der Waals surface area contributed by atoms with Gasteiger partial charge in [0.2, 0.25) is 0 Å². The van der Waals surface area contributed by atoms with Crippen LogP contribution in [0.5, 0.6) is 0 Å². The molecule has 1 N–H and O–H groups in total. The van der Waals surface area contributed by atoms with Crippen molar-refractivity contribution in [3.8, 4) is 0 Å². The highest BCUT2D eigenvalue weighted by Crippen LogP contribution is 2.16. The number of aryl methyl sites for hydroxylation is 1. The second-order valence-corrected chi connectivity index (χ2v) is 5.58. The van der Waals surface area contributed by atoms with Crippen LogP contribution in [0.1, 0.15) is 57.2 Å². The number of hydrogen-bond acceptors (Lipinski definition) is 2. The Hall–Kier alpha value is -0.860. The van der Waals surface area contributed by atoms with Crippen molar-refractivity contribution in [1.82, 2.24) is 10.2 Å². The number of likely N-dealkylation sites (N-methyl/N-ethyl adjacent to an activating group) is 2. The average Bonchev–Trinajstić information content (AvgIpc) is 2.49. The molecule has 2 heteroatoms. The zero-order valence-corrected chi connectivity index (χ0v) is 13.8. The highest BCUT2D eigenvalue weighted by Gasteiger charge is 2.13. The second kappa shape index (κ2) is 9.95. The van der Waals surface area contributed by atoms with E-state index in [0.717, 1.165) is 13.1 Å². The van der Waals surface area contributed by atoms with E-state index >= 15 is 0 Å². The quantitative estimate of drug-likeness (QED) is 0.694. The molecule has 0 aliphatic rings. The zero-order valence-electron chi connectivity index (χ0n) is 13.8. The van der Waals surface area contributed by atoms with E-state index in [1.165, 1.54) is 43.4 Å². The second-order valence-electron chi connectivity index (χ2n) is 5.58. The third kappa shape index (κ3) is 5.64. The Balaban J connectivity index is 2.64. The van der Waals surface area contributed by atoms with Crippen molar-refractivity contribution in [1.29, 1.82) is 0 Å². The van der Waals surface area contributed by atoms with Gasteiger partial charge in [0, 0.05) is 12.6 Å². The van der Waals surface area contributed by atoms with Crippen LogP contribution in [-0.4, -0.2) is 31.6 Å². The van der Waals surface area contributed by atoms with Crippen LogP contribution in [0.3, 0.4) is 0 Å². The SMILES string of the molecule is CCCCN(CC)CC(NC)c1ccc(CCC)cc1. The van der Waals surface area contributed by atoms with Gasteiger partial charge in [-0.1, -0.05) is 57.9 Å². The molecule has 0 saturated carbocycles. The fourth-order valence-electron chi connectivity index (χ4n) is 2.59. The normalized spacial score (nSPS) is 12.8. The van der Waals surface area contributed by atoms with E-state index < -0.39 is 0 Å². The summed E-state index contributed by atoms with van der Waals surface area (Å²) in [5, 5.41) is 3.47. The maximum absolute atomic E-state index is 3.47. The minimum Gasteiger partial charge on any atom is -0.312 e. The summed E-state index contributed by atoms with van der Waals surface area (Å²) >= 11 is 0. The molecule has 1 aromatic carbocycles. The number of nitrogens with one attached hydrogen (secondary N) is 1. The molecule has 1 rings (SSSR count). The molecule has 0 radical (unpaired) electrons. The van der Waals surface area contributed by atoms with Crippen LogP contribution < -0.4 is 5.32 Å². The lowest BCUT2D eigenvalue weighted by Gasteiger charge is -2.26. The highest BCUT2D eigenvalue weighted by atomic mass is 15.1. The van der Waals surface area contributed by atoms with Gasteiger partial charge in [0.1, 0.15) is 0 Å². The van der Waals surface area contributed by atoms with Crippen LogP contribution in [0.15, 0.2) is 24.3 Å². The topological polar surface area (TPSA) is 15.3 Å². The fourth-order valence-corrected chi connectivity index (χ4v) is 2.59. The minimum absolute atomic E-state index is 0.433. The average molecular weight is 276 g/mol. The first-order chi connectivity index (χ1) is 9.74. The maximum Gasteiger partial charge on any atom is 0.0446 e. The van der Waals surface area contributed by atoms with E-state index in [9.17, 15) is 0 Å². The number of rotatable bonds is 10. The number of unbranched alkanes of at least 4 members (excludes halogenated alkanes) is 1. The first kappa shape index (κ1) is 17.2. The van der Waals surface area contributed by atoms with Crippen LogP contribution >= 0.6 is 0 Å². The van der Waals surface area contributed by atoms with E-state index in [4.69, 9.17) is 0 Å². The van der Waals surface area contributed by atoms with Gasteiger partial charge in [-0.05, 0) is 44.1 Å². The van der Waals surface area contributed by atoms with E-state index in [1.807, 2.05) is 0 Å². The van der Waals surface area contributed by atoms with Gasteiger partial charge in [0.15, 0.2) is 0 Å². The van der Waals surface area contributed by atoms with Gasteiger partial charge in [-0.2, -0.15) is 0 Å². The summed E-state index contributed by atoms with van der Waals surface area (Å²) in [6, 6.07) is 9.58. The molecule has 0 spiro atoms. The molecule has 0 amide bonds. The maximum atomic E-state index is 3.47. The molecule has 1 atom stereocenters. The van der Waals surface area contributed by atoms with Gasteiger partial charge in [-0.3, -0.25) is 0 Å². The predicted octanol–water partition coefficient (Wildman–Crippen LogP) is 4.02. The Morgan fingerprint density at radius 1 is 1.05 bits per heavy atom. The smallest absolute Gasteiger partial charge is 0.0446 e. The molecule has 2 nitrogen and oxygen atoms in total. The van der Waals surface area contributed by atoms with Gasteiger partial charge < -0.3 is 10.2 Å². The summed E-state index contributed by atoms with van der Waals surface area (Å²) in [6.07, 6.45) is 4.96. The third-order valence-corrected chi connectivity index (χ3v) is 3.99.